The first-order valence-corrected chi connectivity index (χ1v) is 8.52. The van der Waals surface area contributed by atoms with Crippen molar-refractivity contribution in [1.82, 2.24) is 10.0 Å². The van der Waals surface area contributed by atoms with Crippen LogP contribution in [0.25, 0.3) is 0 Å². The lowest BCUT2D eigenvalue weighted by atomic mass is 10.2. The van der Waals surface area contributed by atoms with Gasteiger partial charge in [0, 0.05) is 12.6 Å². The predicted molar refractivity (Wildman–Crippen MR) is 69.4 cm³/mol. The minimum absolute atomic E-state index is 0.260. The summed E-state index contributed by atoms with van der Waals surface area (Å²) < 4.78 is 25.9. The molecular formula is C12H24N2O2S. The molecule has 2 rings (SSSR count). The van der Waals surface area contributed by atoms with Gasteiger partial charge in [0.1, 0.15) is 0 Å². The highest BCUT2D eigenvalue weighted by atomic mass is 32.2. The first-order valence-electron chi connectivity index (χ1n) is 6.86. The molecule has 2 saturated carbocycles. The van der Waals surface area contributed by atoms with Crippen LogP contribution in [0.3, 0.4) is 0 Å². The van der Waals surface area contributed by atoms with E-state index in [1.807, 2.05) is 0 Å². The van der Waals surface area contributed by atoms with Gasteiger partial charge >= 0.3 is 0 Å². The lowest BCUT2D eigenvalue weighted by Gasteiger charge is -2.06. The van der Waals surface area contributed by atoms with Crippen molar-refractivity contribution in [2.75, 3.05) is 18.8 Å². The van der Waals surface area contributed by atoms with E-state index in [0.717, 1.165) is 18.9 Å². The third kappa shape index (κ3) is 6.38. The third-order valence-electron chi connectivity index (χ3n) is 3.41. The Labute approximate surface area is 105 Å². The second-order valence-corrected chi connectivity index (χ2v) is 7.31. The Balaban J connectivity index is 1.46. The summed E-state index contributed by atoms with van der Waals surface area (Å²) >= 11 is 0. The van der Waals surface area contributed by atoms with Crippen LogP contribution >= 0.6 is 0 Å². The van der Waals surface area contributed by atoms with Crippen LogP contribution in [0.15, 0.2) is 0 Å². The van der Waals surface area contributed by atoms with Crippen LogP contribution in [-0.4, -0.2) is 33.3 Å². The largest absolute Gasteiger partial charge is 0.314 e. The smallest absolute Gasteiger partial charge is 0.211 e. The van der Waals surface area contributed by atoms with Crippen LogP contribution in [0.1, 0.15) is 44.9 Å². The summed E-state index contributed by atoms with van der Waals surface area (Å²) in [7, 11) is -3.03. The maximum Gasteiger partial charge on any atom is 0.211 e. The normalized spacial score (nSPS) is 20.7. The molecule has 0 radical (unpaired) electrons. The molecule has 17 heavy (non-hydrogen) atoms. The molecular weight excluding hydrogens is 236 g/mol. The van der Waals surface area contributed by atoms with Crippen LogP contribution in [0.2, 0.25) is 0 Å². The molecule has 4 nitrogen and oxygen atoms in total. The zero-order valence-corrected chi connectivity index (χ0v) is 11.3. The van der Waals surface area contributed by atoms with E-state index in [0.29, 0.717) is 19.0 Å². The maximum atomic E-state index is 11.6. The molecule has 100 valence electrons. The molecule has 0 aromatic rings. The highest BCUT2D eigenvalue weighted by Crippen LogP contribution is 2.33. The number of nitrogens with one attached hydrogen (secondary N) is 2. The molecule has 0 aromatic carbocycles. The van der Waals surface area contributed by atoms with Gasteiger partial charge in [0.2, 0.25) is 10.0 Å². The topological polar surface area (TPSA) is 58.2 Å². The summed E-state index contributed by atoms with van der Waals surface area (Å²) in [6.07, 6.45) is 8.10. The van der Waals surface area contributed by atoms with Gasteiger partial charge in [-0.1, -0.05) is 12.8 Å². The van der Waals surface area contributed by atoms with Gasteiger partial charge in [-0.3, -0.25) is 0 Å². The van der Waals surface area contributed by atoms with Crippen molar-refractivity contribution in [2.24, 2.45) is 5.92 Å². The molecule has 5 heteroatoms. The zero-order valence-electron chi connectivity index (χ0n) is 10.5. The average Bonchev–Trinajstić information content (AvgIpc) is 3.13. The Morgan fingerprint density at radius 3 is 2.41 bits per heavy atom. The SMILES string of the molecule is O=S(=O)(CCCNC1CC1)NCCCC1CC1. The van der Waals surface area contributed by atoms with Gasteiger partial charge in [-0.25, -0.2) is 13.1 Å². The number of rotatable bonds is 10. The van der Waals surface area contributed by atoms with Crippen LogP contribution in [-0.2, 0) is 10.0 Å². The first-order chi connectivity index (χ1) is 8.16. The maximum absolute atomic E-state index is 11.6. The van der Waals surface area contributed by atoms with Gasteiger partial charge in [-0.2, -0.15) is 0 Å². The number of hydrogen-bond donors (Lipinski definition) is 2. The molecule has 2 fully saturated rings. The van der Waals surface area contributed by atoms with Gasteiger partial charge in [0.25, 0.3) is 0 Å². The highest BCUT2D eigenvalue weighted by Gasteiger charge is 2.21. The summed E-state index contributed by atoms with van der Waals surface area (Å²) in [5, 5.41) is 3.33. The van der Waals surface area contributed by atoms with Crippen LogP contribution < -0.4 is 10.0 Å². The van der Waals surface area contributed by atoms with Gasteiger partial charge in [-0.05, 0) is 44.6 Å². The highest BCUT2D eigenvalue weighted by molar-refractivity contribution is 7.89. The number of sulfonamides is 1. The molecule has 2 aliphatic carbocycles. The quantitative estimate of drug-likeness (QED) is 0.581. The molecule has 0 heterocycles. The summed E-state index contributed by atoms with van der Waals surface area (Å²) in [6, 6.07) is 0.671. The average molecular weight is 260 g/mol. The van der Waals surface area contributed by atoms with Gasteiger partial charge in [-0.15, -0.1) is 0 Å². The van der Waals surface area contributed by atoms with E-state index >= 15 is 0 Å². The van der Waals surface area contributed by atoms with Crippen molar-refractivity contribution >= 4 is 10.0 Å². The van der Waals surface area contributed by atoms with E-state index in [-0.39, 0.29) is 5.75 Å². The first kappa shape index (κ1) is 13.3. The van der Waals surface area contributed by atoms with Crippen molar-refractivity contribution in [2.45, 2.75) is 51.0 Å². The predicted octanol–water partition coefficient (Wildman–Crippen LogP) is 1.24. The van der Waals surface area contributed by atoms with E-state index in [9.17, 15) is 8.42 Å². The number of hydrogen-bond acceptors (Lipinski definition) is 3. The second kappa shape index (κ2) is 6.16. The van der Waals surface area contributed by atoms with Crippen molar-refractivity contribution in [3.05, 3.63) is 0 Å². The zero-order chi connectivity index (χ0) is 12.1. The molecule has 0 unspecified atom stereocenters. The van der Waals surface area contributed by atoms with Crippen LogP contribution in [0.5, 0.6) is 0 Å². The van der Waals surface area contributed by atoms with Gasteiger partial charge in [0.05, 0.1) is 5.75 Å². The minimum Gasteiger partial charge on any atom is -0.314 e. The fraction of sp³-hybridized carbons (Fsp3) is 1.00. The minimum atomic E-state index is -3.03. The monoisotopic (exact) mass is 260 g/mol. The molecule has 0 amide bonds. The van der Waals surface area contributed by atoms with E-state index in [2.05, 4.69) is 10.0 Å². The Morgan fingerprint density at radius 1 is 1.00 bits per heavy atom. The molecule has 0 atom stereocenters. The molecule has 0 saturated heterocycles. The molecule has 2 aliphatic rings. The van der Waals surface area contributed by atoms with Crippen LogP contribution in [0, 0.1) is 5.92 Å². The lowest BCUT2D eigenvalue weighted by Crippen LogP contribution is -2.29. The summed E-state index contributed by atoms with van der Waals surface area (Å²) in [4.78, 5) is 0. The summed E-state index contributed by atoms with van der Waals surface area (Å²) in [5.41, 5.74) is 0. The molecule has 0 spiro atoms. The standard InChI is InChI=1S/C12H24N2O2S/c15-17(16,10-2-8-13-12-6-7-12)14-9-1-3-11-4-5-11/h11-14H,1-10H2. The fourth-order valence-electron chi connectivity index (χ4n) is 1.95. The Bertz CT molecular complexity index is 295. The Kier molecular flexibility index (Phi) is 4.82. The van der Waals surface area contributed by atoms with E-state index in [4.69, 9.17) is 0 Å². The van der Waals surface area contributed by atoms with Crippen molar-refractivity contribution in [3.63, 3.8) is 0 Å². The lowest BCUT2D eigenvalue weighted by molar-refractivity contribution is 0.566. The second-order valence-electron chi connectivity index (χ2n) is 5.38. The van der Waals surface area contributed by atoms with Crippen LogP contribution in [0.4, 0.5) is 0 Å². The third-order valence-corrected chi connectivity index (χ3v) is 4.88. The van der Waals surface area contributed by atoms with Gasteiger partial charge < -0.3 is 5.32 Å². The summed E-state index contributed by atoms with van der Waals surface area (Å²) in [6.45, 7) is 1.45. The van der Waals surface area contributed by atoms with Crippen molar-refractivity contribution < 1.29 is 8.42 Å². The Morgan fingerprint density at radius 2 is 1.76 bits per heavy atom. The fourth-order valence-corrected chi connectivity index (χ4v) is 3.08. The molecule has 2 N–H and O–H groups in total. The summed E-state index contributed by atoms with van der Waals surface area (Å²) in [5.74, 6) is 1.15. The Hall–Kier alpha value is -0.130. The van der Waals surface area contributed by atoms with E-state index < -0.39 is 10.0 Å². The van der Waals surface area contributed by atoms with Crippen molar-refractivity contribution in [3.8, 4) is 0 Å². The molecule has 0 bridgehead atoms. The molecule has 0 aromatic heterocycles. The van der Waals surface area contributed by atoms with Crippen molar-refractivity contribution in [1.29, 1.82) is 0 Å². The van der Waals surface area contributed by atoms with E-state index in [1.165, 1.54) is 32.1 Å². The van der Waals surface area contributed by atoms with E-state index in [1.54, 1.807) is 0 Å². The molecule has 0 aliphatic heterocycles. The van der Waals surface area contributed by atoms with Gasteiger partial charge in [0.15, 0.2) is 0 Å².